The van der Waals surface area contributed by atoms with Gasteiger partial charge in [-0.05, 0) is 57.5 Å². The summed E-state index contributed by atoms with van der Waals surface area (Å²) in [6.07, 6.45) is -2.00. The summed E-state index contributed by atoms with van der Waals surface area (Å²) in [7, 11) is 1.91. The van der Waals surface area contributed by atoms with Crippen molar-refractivity contribution in [3.63, 3.8) is 0 Å². The lowest BCUT2D eigenvalue weighted by atomic mass is 9.96. The molecule has 1 aromatic carbocycles. The molecule has 118 valence electrons. The van der Waals surface area contributed by atoms with Crippen molar-refractivity contribution < 1.29 is 13.2 Å². The summed E-state index contributed by atoms with van der Waals surface area (Å²) in [6, 6.07) is 5.64. The van der Waals surface area contributed by atoms with E-state index < -0.39 is 11.7 Å². The first-order valence-corrected chi connectivity index (χ1v) is 7.46. The lowest BCUT2D eigenvalue weighted by Crippen LogP contribution is -2.38. The highest BCUT2D eigenvalue weighted by molar-refractivity contribution is 5.32. The second-order valence-electron chi connectivity index (χ2n) is 5.91. The molecule has 1 N–H and O–H groups in total. The van der Waals surface area contributed by atoms with Crippen LogP contribution in [0, 0.1) is 5.92 Å². The monoisotopic (exact) mass is 300 g/mol. The normalized spacial score (nSPS) is 21.5. The van der Waals surface area contributed by atoms with Gasteiger partial charge in [-0.25, -0.2) is 0 Å². The van der Waals surface area contributed by atoms with Gasteiger partial charge in [0.2, 0.25) is 0 Å². The van der Waals surface area contributed by atoms with Crippen molar-refractivity contribution in [1.82, 2.24) is 10.2 Å². The zero-order chi connectivity index (χ0) is 15.5. The van der Waals surface area contributed by atoms with Crippen LogP contribution in [0.5, 0.6) is 0 Å². The van der Waals surface area contributed by atoms with Gasteiger partial charge in [0, 0.05) is 12.6 Å². The first-order valence-electron chi connectivity index (χ1n) is 7.46. The molecule has 2 unspecified atom stereocenters. The van der Waals surface area contributed by atoms with E-state index in [1.54, 1.807) is 12.1 Å². The van der Waals surface area contributed by atoms with Gasteiger partial charge < -0.3 is 5.32 Å². The molecule has 0 aliphatic carbocycles. The van der Waals surface area contributed by atoms with E-state index in [-0.39, 0.29) is 6.04 Å². The SMILES string of the molecule is CC(c1ccccc1C(F)(F)F)N(C)CC1CCCNC1. The Kier molecular flexibility index (Phi) is 5.27. The Balaban J connectivity index is 2.10. The maximum Gasteiger partial charge on any atom is 0.416 e. The minimum atomic E-state index is -4.29. The van der Waals surface area contributed by atoms with E-state index >= 15 is 0 Å². The summed E-state index contributed by atoms with van der Waals surface area (Å²) in [4.78, 5) is 2.03. The van der Waals surface area contributed by atoms with Crippen LogP contribution in [0.2, 0.25) is 0 Å². The van der Waals surface area contributed by atoms with Crippen LogP contribution < -0.4 is 5.32 Å². The zero-order valence-electron chi connectivity index (χ0n) is 12.6. The van der Waals surface area contributed by atoms with E-state index in [4.69, 9.17) is 0 Å². The molecular weight excluding hydrogens is 277 g/mol. The van der Waals surface area contributed by atoms with Crippen LogP contribution in [-0.4, -0.2) is 31.6 Å². The van der Waals surface area contributed by atoms with Crippen molar-refractivity contribution in [3.8, 4) is 0 Å². The van der Waals surface area contributed by atoms with Crippen LogP contribution in [0.25, 0.3) is 0 Å². The third-order valence-corrected chi connectivity index (χ3v) is 4.32. The van der Waals surface area contributed by atoms with E-state index in [0.29, 0.717) is 11.5 Å². The molecule has 21 heavy (non-hydrogen) atoms. The largest absolute Gasteiger partial charge is 0.416 e. The van der Waals surface area contributed by atoms with E-state index in [1.807, 2.05) is 18.9 Å². The van der Waals surface area contributed by atoms with E-state index in [2.05, 4.69) is 5.32 Å². The zero-order valence-corrected chi connectivity index (χ0v) is 12.6. The summed E-state index contributed by atoms with van der Waals surface area (Å²) < 4.78 is 39.3. The van der Waals surface area contributed by atoms with Crippen molar-refractivity contribution in [3.05, 3.63) is 35.4 Å². The Labute approximate surface area is 124 Å². The van der Waals surface area contributed by atoms with Crippen molar-refractivity contribution in [1.29, 1.82) is 0 Å². The molecular formula is C16H23F3N2. The molecule has 0 bridgehead atoms. The van der Waals surface area contributed by atoms with Gasteiger partial charge >= 0.3 is 6.18 Å². The summed E-state index contributed by atoms with van der Waals surface area (Å²) >= 11 is 0. The smallest absolute Gasteiger partial charge is 0.316 e. The lowest BCUT2D eigenvalue weighted by Gasteiger charge is -2.32. The Morgan fingerprint density at radius 1 is 1.33 bits per heavy atom. The Morgan fingerprint density at radius 3 is 2.67 bits per heavy atom. The quantitative estimate of drug-likeness (QED) is 0.912. The van der Waals surface area contributed by atoms with Crippen LogP contribution in [0.15, 0.2) is 24.3 Å². The van der Waals surface area contributed by atoms with Crippen LogP contribution in [-0.2, 0) is 6.18 Å². The minimum absolute atomic E-state index is 0.246. The molecule has 2 rings (SSSR count). The molecule has 0 saturated carbocycles. The number of nitrogens with zero attached hydrogens (tertiary/aromatic N) is 1. The number of rotatable bonds is 4. The van der Waals surface area contributed by atoms with Gasteiger partial charge in [0.15, 0.2) is 0 Å². The number of benzene rings is 1. The fourth-order valence-electron chi connectivity index (χ4n) is 3.00. The van der Waals surface area contributed by atoms with Crippen molar-refractivity contribution >= 4 is 0 Å². The van der Waals surface area contributed by atoms with E-state index in [9.17, 15) is 13.2 Å². The second kappa shape index (κ2) is 6.79. The van der Waals surface area contributed by atoms with E-state index in [1.165, 1.54) is 12.1 Å². The lowest BCUT2D eigenvalue weighted by molar-refractivity contribution is -0.138. The molecule has 1 saturated heterocycles. The molecule has 2 atom stereocenters. The van der Waals surface area contributed by atoms with Gasteiger partial charge in [-0.15, -0.1) is 0 Å². The van der Waals surface area contributed by atoms with Gasteiger partial charge in [-0.1, -0.05) is 18.2 Å². The molecule has 0 amide bonds. The topological polar surface area (TPSA) is 15.3 Å². The number of hydrogen-bond donors (Lipinski definition) is 1. The van der Waals surface area contributed by atoms with Gasteiger partial charge in [0.25, 0.3) is 0 Å². The van der Waals surface area contributed by atoms with Crippen LogP contribution in [0.3, 0.4) is 0 Å². The molecule has 1 fully saturated rings. The Morgan fingerprint density at radius 2 is 2.05 bits per heavy atom. The number of hydrogen-bond acceptors (Lipinski definition) is 2. The molecule has 1 aliphatic heterocycles. The Bertz CT molecular complexity index is 453. The van der Waals surface area contributed by atoms with Gasteiger partial charge in [0.1, 0.15) is 0 Å². The summed E-state index contributed by atoms with van der Waals surface area (Å²) in [5.41, 5.74) is -0.164. The maximum absolute atomic E-state index is 13.1. The number of nitrogens with one attached hydrogen (secondary N) is 1. The second-order valence-corrected chi connectivity index (χ2v) is 5.91. The molecule has 2 nitrogen and oxygen atoms in total. The summed E-state index contributed by atoms with van der Waals surface area (Å²) in [6.45, 7) is 4.67. The highest BCUT2D eigenvalue weighted by atomic mass is 19.4. The molecule has 1 aromatic rings. The van der Waals surface area contributed by atoms with Crippen molar-refractivity contribution in [2.24, 2.45) is 5.92 Å². The van der Waals surface area contributed by atoms with Crippen molar-refractivity contribution in [2.45, 2.75) is 32.0 Å². The number of halogens is 3. The molecule has 0 aromatic heterocycles. The molecule has 1 aliphatic rings. The fourth-order valence-corrected chi connectivity index (χ4v) is 3.00. The third kappa shape index (κ3) is 4.20. The molecule has 0 radical (unpaired) electrons. The van der Waals surface area contributed by atoms with E-state index in [0.717, 1.165) is 32.5 Å². The molecule has 0 spiro atoms. The predicted octanol–water partition coefficient (Wildman–Crippen LogP) is 3.70. The van der Waals surface area contributed by atoms with Gasteiger partial charge in [-0.3, -0.25) is 4.90 Å². The highest BCUT2D eigenvalue weighted by Gasteiger charge is 2.35. The first kappa shape index (κ1) is 16.3. The fraction of sp³-hybridized carbons (Fsp3) is 0.625. The average molecular weight is 300 g/mol. The predicted molar refractivity (Wildman–Crippen MR) is 78.1 cm³/mol. The molecule has 1 heterocycles. The standard InChI is InChI=1S/C16H23F3N2/c1-12(21(2)11-13-6-5-9-20-10-13)14-7-3-4-8-15(14)16(17,18)19/h3-4,7-8,12-13,20H,5-6,9-11H2,1-2H3. The summed E-state index contributed by atoms with van der Waals surface area (Å²) in [5.74, 6) is 0.518. The Hall–Kier alpha value is -1.07. The average Bonchev–Trinajstić information content (AvgIpc) is 2.46. The maximum atomic E-state index is 13.1. The van der Waals surface area contributed by atoms with Gasteiger partial charge in [0.05, 0.1) is 5.56 Å². The number of alkyl halides is 3. The van der Waals surface area contributed by atoms with Crippen LogP contribution in [0.4, 0.5) is 13.2 Å². The minimum Gasteiger partial charge on any atom is -0.316 e. The number of piperidine rings is 1. The van der Waals surface area contributed by atoms with Gasteiger partial charge in [-0.2, -0.15) is 13.2 Å². The summed E-state index contributed by atoms with van der Waals surface area (Å²) in [5, 5.41) is 3.35. The van der Waals surface area contributed by atoms with Crippen LogP contribution in [0.1, 0.15) is 36.9 Å². The van der Waals surface area contributed by atoms with Crippen LogP contribution >= 0.6 is 0 Å². The first-order chi connectivity index (χ1) is 9.89. The molecule has 5 heteroatoms. The third-order valence-electron chi connectivity index (χ3n) is 4.32. The highest BCUT2D eigenvalue weighted by Crippen LogP contribution is 2.36. The van der Waals surface area contributed by atoms with Crippen molar-refractivity contribution in [2.75, 3.05) is 26.7 Å².